The van der Waals surface area contributed by atoms with Crippen LogP contribution in [0.5, 0.6) is 0 Å². The van der Waals surface area contributed by atoms with Crippen molar-refractivity contribution in [3.63, 3.8) is 0 Å². The Balaban J connectivity index is 1.76. The van der Waals surface area contributed by atoms with Crippen molar-refractivity contribution in [1.82, 2.24) is 19.5 Å². The maximum Gasteiger partial charge on any atom is 0.177 e. The second-order valence-corrected chi connectivity index (χ2v) is 4.89. The van der Waals surface area contributed by atoms with E-state index in [0.29, 0.717) is 0 Å². The summed E-state index contributed by atoms with van der Waals surface area (Å²) in [6.07, 6.45) is 6.87. The number of fused-ring (bicyclic) bond motifs is 1. The summed E-state index contributed by atoms with van der Waals surface area (Å²) in [5.74, 6) is 2.28. The SMILES string of the molecule is Cn1c(-c2ccco2)nc2cnc(Nc3ccncc3)cc21. The van der Waals surface area contributed by atoms with Crippen LogP contribution >= 0.6 is 0 Å². The van der Waals surface area contributed by atoms with E-state index in [2.05, 4.69) is 20.3 Å². The van der Waals surface area contributed by atoms with Crippen molar-refractivity contribution in [2.75, 3.05) is 5.32 Å². The Morgan fingerprint density at radius 3 is 2.82 bits per heavy atom. The number of hydrogen-bond acceptors (Lipinski definition) is 5. The second-order valence-electron chi connectivity index (χ2n) is 4.89. The molecule has 0 spiro atoms. The molecule has 0 unspecified atom stereocenters. The molecule has 4 rings (SSSR count). The Morgan fingerprint density at radius 1 is 1.18 bits per heavy atom. The molecular formula is C16H13N5O. The number of aryl methyl sites for hydroxylation is 1. The van der Waals surface area contributed by atoms with E-state index in [4.69, 9.17) is 4.42 Å². The van der Waals surface area contributed by atoms with E-state index in [1.807, 2.05) is 41.9 Å². The van der Waals surface area contributed by atoms with Crippen LogP contribution in [0, 0.1) is 0 Å². The molecule has 0 bridgehead atoms. The van der Waals surface area contributed by atoms with Gasteiger partial charge in [-0.15, -0.1) is 0 Å². The fourth-order valence-electron chi connectivity index (χ4n) is 2.37. The lowest BCUT2D eigenvalue weighted by molar-refractivity contribution is 0.574. The second kappa shape index (κ2) is 5.00. The van der Waals surface area contributed by atoms with Gasteiger partial charge in [0.15, 0.2) is 11.6 Å². The fraction of sp³-hybridized carbons (Fsp3) is 0.0625. The van der Waals surface area contributed by atoms with E-state index < -0.39 is 0 Å². The highest BCUT2D eigenvalue weighted by Gasteiger charge is 2.12. The summed E-state index contributed by atoms with van der Waals surface area (Å²) in [7, 11) is 1.96. The molecule has 4 heterocycles. The van der Waals surface area contributed by atoms with Crippen LogP contribution in [0.3, 0.4) is 0 Å². The zero-order chi connectivity index (χ0) is 14.9. The summed E-state index contributed by atoms with van der Waals surface area (Å²) in [4.78, 5) is 13.0. The van der Waals surface area contributed by atoms with E-state index in [0.717, 1.165) is 34.1 Å². The van der Waals surface area contributed by atoms with Gasteiger partial charge in [0.2, 0.25) is 0 Å². The molecular weight excluding hydrogens is 278 g/mol. The minimum atomic E-state index is 0.738. The van der Waals surface area contributed by atoms with E-state index in [1.165, 1.54) is 0 Å². The normalized spacial score (nSPS) is 11.0. The molecule has 1 N–H and O–H groups in total. The molecule has 6 nitrogen and oxygen atoms in total. The molecule has 108 valence electrons. The van der Waals surface area contributed by atoms with Crippen molar-refractivity contribution in [3.8, 4) is 11.6 Å². The molecule has 0 atom stereocenters. The predicted molar refractivity (Wildman–Crippen MR) is 83.7 cm³/mol. The van der Waals surface area contributed by atoms with E-state index in [9.17, 15) is 0 Å². The third kappa shape index (κ3) is 2.10. The minimum Gasteiger partial charge on any atom is -0.461 e. The largest absolute Gasteiger partial charge is 0.461 e. The number of hydrogen-bond donors (Lipinski definition) is 1. The first-order valence-electron chi connectivity index (χ1n) is 6.85. The Labute approximate surface area is 126 Å². The Morgan fingerprint density at radius 2 is 2.05 bits per heavy atom. The molecule has 0 fully saturated rings. The number of pyridine rings is 2. The number of aromatic nitrogens is 4. The fourth-order valence-corrected chi connectivity index (χ4v) is 2.37. The maximum atomic E-state index is 5.43. The molecule has 0 aliphatic carbocycles. The smallest absolute Gasteiger partial charge is 0.177 e. The third-order valence-electron chi connectivity index (χ3n) is 3.46. The molecule has 0 amide bonds. The van der Waals surface area contributed by atoms with Crippen LogP contribution in [-0.2, 0) is 7.05 Å². The Hall–Kier alpha value is -3.15. The zero-order valence-corrected chi connectivity index (χ0v) is 11.9. The molecule has 0 aromatic carbocycles. The Bertz CT molecular complexity index is 913. The van der Waals surface area contributed by atoms with Crippen LogP contribution in [-0.4, -0.2) is 19.5 Å². The molecule has 4 aromatic rings. The highest BCUT2D eigenvalue weighted by atomic mass is 16.3. The van der Waals surface area contributed by atoms with Crippen LogP contribution in [0.25, 0.3) is 22.6 Å². The summed E-state index contributed by atoms with van der Waals surface area (Å²) in [5, 5.41) is 3.25. The number of imidazole rings is 1. The van der Waals surface area contributed by atoms with E-state index >= 15 is 0 Å². The lowest BCUT2D eigenvalue weighted by Crippen LogP contribution is -1.95. The van der Waals surface area contributed by atoms with Crippen molar-refractivity contribution in [3.05, 3.63) is 55.2 Å². The zero-order valence-electron chi connectivity index (χ0n) is 11.9. The average molecular weight is 291 g/mol. The molecule has 0 aliphatic heterocycles. The van der Waals surface area contributed by atoms with Crippen molar-refractivity contribution in [2.24, 2.45) is 7.05 Å². The summed E-state index contributed by atoms with van der Waals surface area (Å²) < 4.78 is 7.42. The van der Waals surface area contributed by atoms with Gasteiger partial charge in [0.25, 0.3) is 0 Å². The van der Waals surface area contributed by atoms with Crippen molar-refractivity contribution in [1.29, 1.82) is 0 Å². The molecule has 0 radical (unpaired) electrons. The standard InChI is InChI=1S/C16H13N5O/c1-21-13-9-15(19-11-4-6-17-7-5-11)18-10-12(13)20-16(21)14-3-2-8-22-14/h2-10H,1H3,(H,17,18,19). The lowest BCUT2D eigenvalue weighted by Gasteiger charge is -2.05. The van der Waals surface area contributed by atoms with Gasteiger partial charge < -0.3 is 14.3 Å². The highest BCUT2D eigenvalue weighted by Crippen LogP contribution is 2.25. The van der Waals surface area contributed by atoms with Gasteiger partial charge in [0.1, 0.15) is 11.3 Å². The third-order valence-corrected chi connectivity index (χ3v) is 3.46. The number of anilines is 2. The summed E-state index contributed by atoms with van der Waals surface area (Å²) >= 11 is 0. The van der Waals surface area contributed by atoms with Gasteiger partial charge in [-0.05, 0) is 24.3 Å². The predicted octanol–water partition coefficient (Wildman–Crippen LogP) is 3.37. The first-order valence-corrected chi connectivity index (χ1v) is 6.85. The number of nitrogens with zero attached hydrogens (tertiary/aromatic N) is 4. The number of rotatable bonds is 3. The summed E-state index contributed by atoms with van der Waals surface area (Å²) in [6.45, 7) is 0. The molecule has 22 heavy (non-hydrogen) atoms. The quantitative estimate of drug-likeness (QED) is 0.626. The monoisotopic (exact) mass is 291 g/mol. The van der Waals surface area contributed by atoms with E-state index in [-0.39, 0.29) is 0 Å². The minimum absolute atomic E-state index is 0.738. The van der Waals surface area contributed by atoms with Crippen LogP contribution in [0.15, 0.2) is 59.6 Å². The maximum absolute atomic E-state index is 5.43. The molecule has 0 saturated carbocycles. The summed E-state index contributed by atoms with van der Waals surface area (Å²) in [5.41, 5.74) is 2.75. The molecule has 4 aromatic heterocycles. The van der Waals surface area contributed by atoms with Crippen molar-refractivity contribution >= 4 is 22.5 Å². The van der Waals surface area contributed by atoms with Gasteiger partial charge in [0, 0.05) is 31.2 Å². The van der Waals surface area contributed by atoms with Crippen molar-refractivity contribution < 1.29 is 4.42 Å². The highest BCUT2D eigenvalue weighted by molar-refractivity contribution is 5.82. The van der Waals surface area contributed by atoms with Gasteiger partial charge in [-0.2, -0.15) is 0 Å². The average Bonchev–Trinajstić information content (AvgIpc) is 3.17. The topological polar surface area (TPSA) is 68.8 Å². The van der Waals surface area contributed by atoms with E-state index in [1.54, 1.807) is 24.9 Å². The van der Waals surface area contributed by atoms with Crippen molar-refractivity contribution in [2.45, 2.75) is 0 Å². The van der Waals surface area contributed by atoms with Gasteiger partial charge in [-0.25, -0.2) is 9.97 Å². The summed E-state index contributed by atoms with van der Waals surface area (Å²) in [6, 6.07) is 9.50. The van der Waals surface area contributed by atoms with Gasteiger partial charge >= 0.3 is 0 Å². The van der Waals surface area contributed by atoms with Crippen LogP contribution < -0.4 is 5.32 Å². The first-order chi connectivity index (χ1) is 10.8. The van der Waals surface area contributed by atoms with Gasteiger partial charge in [0.05, 0.1) is 18.0 Å². The number of furan rings is 1. The molecule has 6 heteroatoms. The van der Waals surface area contributed by atoms with Gasteiger partial charge in [-0.3, -0.25) is 4.98 Å². The molecule has 0 aliphatic rings. The number of nitrogens with one attached hydrogen (secondary N) is 1. The van der Waals surface area contributed by atoms with Crippen LogP contribution in [0.1, 0.15) is 0 Å². The first kappa shape index (κ1) is 12.6. The van der Waals surface area contributed by atoms with Crippen LogP contribution in [0.2, 0.25) is 0 Å². The van der Waals surface area contributed by atoms with Crippen LogP contribution in [0.4, 0.5) is 11.5 Å². The lowest BCUT2D eigenvalue weighted by atomic mass is 10.3. The van der Waals surface area contributed by atoms with Gasteiger partial charge in [-0.1, -0.05) is 0 Å². The Kier molecular flexibility index (Phi) is 2.86. The molecule has 0 saturated heterocycles.